The number of benzene rings is 1. The van der Waals surface area contributed by atoms with Crippen molar-refractivity contribution in [1.29, 1.82) is 0 Å². The van der Waals surface area contributed by atoms with Crippen molar-refractivity contribution in [3.8, 4) is 11.5 Å². The van der Waals surface area contributed by atoms with Gasteiger partial charge in [-0.25, -0.2) is 4.39 Å². The molecular formula is C13H14F3NO3. The Bertz CT molecular complexity index is 490. The van der Waals surface area contributed by atoms with Crippen LogP contribution in [0.5, 0.6) is 11.5 Å². The molecule has 1 N–H and O–H groups in total. The Hall–Kier alpha value is -1.92. The van der Waals surface area contributed by atoms with Crippen LogP contribution in [0.15, 0.2) is 18.2 Å². The lowest BCUT2D eigenvalue weighted by molar-refractivity contribution is -0.130. The number of rotatable bonds is 5. The normalized spacial score (nSPS) is 21.2. The highest BCUT2D eigenvalue weighted by Crippen LogP contribution is 2.36. The summed E-state index contributed by atoms with van der Waals surface area (Å²) in [6, 6.07) is 3.09. The fourth-order valence-corrected chi connectivity index (χ4v) is 2.03. The fraction of sp³-hybridized carbons (Fsp3) is 0.462. The van der Waals surface area contributed by atoms with Gasteiger partial charge in [-0.1, -0.05) is 0 Å². The van der Waals surface area contributed by atoms with Crippen LogP contribution < -0.4 is 14.8 Å². The summed E-state index contributed by atoms with van der Waals surface area (Å²) in [7, 11) is 1.54. The average molecular weight is 289 g/mol. The van der Waals surface area contributed by atoms with Crippen molar-refractivity contribution >= 4 is 5.91 Å². The summed E-state index contributed by atoms with van der Waals surface area (Å²) in [5.74, 6) is -1.15. The van der Waals surface area contributed by atoms with Gasteiger partial charge < -0.3 is 14.8 Å². The number of carbonyl (C=O) groups excluding carboxylic acids is 1. The first kappa shape index (κ1) is 14.5. The largest absolute Gasteiger partial charge is 0.486 e. The van der Waals surface area contributed by atoms with E-state index in [1.165, 1.54) is 7.05 Å². The van der Waals surface area contributed by atoms with Gasteiger partial charge >= 0.3 is 6.61 Å². The molecule has 1 aliphatic carbocycles. The van der Waals surface area contributed by atoms with Gasteiger partial charge in [-0.2, -0.15) is 8.78 Å². The molecule has 1 saturated carbocycles. The summed E-state index contributed by atoms with van der Waals surface area (Å²) in [5, 5.41) is 2.52. The molecule has 2 rings (SSSR count). The predicted octanol–water partition coefficient (Wildman–Crippen LogP) is 2.33. The van der Waals surface area contributed by atoms with Crippen LogP contribution in [0.3, 0.4) is 0 Å². The zero-order valence-corrected chi connectivity index (χ0v) is 10.7. The van der Waals surface area contributed by atoms with E-state index in [1.807, 2.05) is 0 Å². The molecule has 0 unspecified atom stereocenters. The van der Waals surface area contributed by atoms with Gasteiger partial charge in [0.15, 0.2) is 11.5 Å². The summed E-state index contributed by atoms with van der Waals surface area (Å²) in [6.07, 6.45) is 0.619. The number of hydrogen-bond acceptors (Lipinski definition) is 3. The highest BCUT2D eigenvalue weighted by atomic mass is 19.3. The monoisotopic (exact) mass is 289 g/mol. The molecule has 1 fully saturated rings. The lowest BCUT2D eigenvalue weighted by atomic mass is 9.81. The van der Waals surface area contributed by atoms with Gasteiger partial charge in [0.05, 0.1) is 0 Å². The van der Waals surface area contributed by atoms with Crippen LogP contribution in [0.25, 0.3) is 0 Å². The molecule has 1 aliphatic rings. The predicted molar refractivity (Wildman–Crippen MR) is 64.2 cm³/mol. The number of alkyl halides is 2. The molecule has 110 valence electrons. The minimum Gasteiger partial charge on any atom is -0.486 e. The molecule has 0 aromatic heterocycles. The topological polar surface area (TPSA) is 47.6 Å². The highest BCUT2D eigenvalue weighted by molar-refractivity contribution is 5.79. The van der Waals surface area contributed by atoms with Gasteiger partial charge in [-0.15, -0.1) is 0 Å². The Balaban J connectivity index is 1.99. The van der Waals surface area contributed by atoms with E-state index >= 15 is 0 Å². The van der Waals surface area contributed by atoms with Gasteiger partial charge in [0.1, 0.15) is 11.9 Å². The summed E-state index contributed by atoms with van der Waals surface area (Å²) in [5.41, 5.74) is 0. The van der Waals surface area contributed by atoms with Gasteiger partial charge in [-0.3, -0.25) is 4.79 Å². The van der Waals surface area contributed by atoms with Gasteiger partial charge in [0.25, 0.3) is 0 Å². The van der Waals surface area contributed by atoms with Crippen molar-refractivity contribution in [2.24, 2.45) is 5.92 Å². The fourth-order valence-electron chi connectivity index (χ4n) is 2.03. The number of hydrogen-bond donors (Lipinski definition) is 1. The van der Waals surface area contributed by atoms with E-state index in [4.69, 9.17) is 4.74 Å². The second-order valence-corrected chi connectivity index (χ2v) is 4.49. The van der Waals surface area contributed by atoms with Crippen molar-refractivity contribution in [2.45, 2.75) is 25.6 Å². The second-order valence-electron chi connectivity index (χ2n) is 4.49. The van der Waals surface area contributed by atoms with Crippen molar-refractivity contribution in [1.82, 2.24) is 5.32 Å². The highest BCUT2D eigenvalue weighted by Gasteiger charge is 2.36. The molecule has 20 heavy (non-hydrogen) atoms. The standard InChI is InChI=1S/C13H14F3NO3/c1-17-12(18)7-4-9(5-7)19-11-6-8(14)2-3-10(11)20-13(15)16/h2-3,6-7,9,13H,4-5H2,1H3,(H,17,18)/t7-,9-. The van der Waals surface area contributed by atoms with Crippen molar-refractivity contribution in [3.63, 3.8) is 0 Å². The number of ether oxygens (including phenoxy) is 2. The average Bonchev–Trinajstić information content (AvgIpc) is 2.35. The van der Waals surface area contributed by atoms with E-state index in [1.54, 1.807) is 0 Å². The molecule has 0 bridgehead atoms. The molecule has 4 nitrogen and oxygen atoms in total. The smallest absolute Gasteiger partial charge is 0.387 e. The van der Waals surface area contributed by atoms with Crippen LogP contribution in [0.1, 0.15) is 12.8 Å². The summed E-state index contributed by atoms with van der Waals surface area (Å²) in [4.78, 5) is 11.3. The summed E-state index contributed by atoms with van der Waals surface area (Å²) in [6.45, 7) is -3.01. The quantitative estimate of drug-likeness (QED) is 0.905. The molecule has 0 aliphatic heterocycles. The van der Waals surface area contributed by atoms with Crippen LogP contribution >= 0.6 is 0 Å². The Labute approximate surface area is 113 Å². The van der Waals surface area contributed by atoms with Crippen LogP contribution in [-0.2, 0) is 4.79 Å². The molecule has 0 saturated heterocycles. The van der Waals surface area contributed by atoms with Crippen LogP contribution in [0, 0.1) is 11.7 Å². The van der Waals surface area contributed by atoms with Crippen LogP contribution in [-0.4, -0.2) is 25.7 Å². The third-order valence-corrected chi connectivity index (χ3v) is 3.13. The maximum absolute atomic E-state index is 13.1. The minimum absolute atomic E-state index is 0.0781. The van der Waals surface area contributed by atoms with E-state index in [-0.39, 0.29) is 29.4 Å². The number of carbonyl (C=O) groups is 1. The molecule has 0 atom stereocenters. The first-order valence-electron chi connectivity index (χ1n) is 6.12. The van der Waals surface area contributed by atoms with E-state index in [0.717, 1.165) is 18.2 Å². The Kier molecular flexibility index (Phi) is 4.36. The molecule has 0 spiro atoms. The SMILES string of the molecule is CNC(=O)[C@H]1C[C@H](Oc2cc(F)ccc2OC(F)F)C1. The van der Waals surface area contributed by atoms with Gasteiger partial charge in [0, 0.05) is 19.0 Å². The molecule has 1 amide bonds. The molecular weight excluding hydrogens is 275 g/mol. The van der Waals surface area contributed by atoms with Crippen molar-refractivity contribution in [3.05, 3.63) is 24.0 Å². The zero-order valence-electron chi connectivity index (χ0n) is 10.7. The second kappa shape index (κ2) is 6.02. The first-order valence-corrected chi connectivity index (χ1v) is 6.12. The molecule has 0 radical (unpaired) electrons. The Morgan fingerprint density at radius 1 is 1.35 bits per heavy atom. The maximum atomic E-state index is 13.1. The zero-order chi connectivity index (χ0) is 14.7. The minimum atomic E-state index is -3.01. The number of nitrogens with one attached hydrogen (secondary N) is 1. The Morgan fingerprint density at radius 3 is 2.65 bits per heavy atom. The molecule has 1 aromatic carbocycles. The number of amides is 1. The van der Waals surface area contributed by atoms with E-state index in [0.29, 0.717) is 12.8 Å². The molecule has 1 aromatic rings. The third-order valence-electron chi connectivity index (χ3n) is 3.13. The van der Waals surface area contributed by atoms with Crippen molar-refractivity contribution in [2.75, 3.05) is 7.05 Å². The first-order chi connectivity index (χ1) is 9.49. The van der Waals surface area contributed by atoms with E-state index in [9.17, 15) is 18.0 Å². The van der Waals surface area contributed by atoms with E-state index < -0.39 is 12.4 Å². The van der Waals surface area contributed by atoms with E-state index in [2.05, 4.69) is 10.1 Å². The number of halogens is 3. The summed E-state index contributed by atoms with van der Waals surface area (Å²) >= 11 is 0. The van der Waals surface area contributed by atoms with Crippen LogP contribution in [0.2, 0.25) is 0 Å². The molecule has 0 heterocycles. The van der Waals surface area contributed by atoms with Crippen molar-refractivity contribution < 1.29 is 27.4 Å². The lowest BCUT2D eigenvalue weighted by Gasteiger charge is -2.34. The van der Waals surface area contributed by atoms with Crippen LogP contribution in [0.4, 0.5) is 13.2 Å². The van der Waals surface area contributed by atoms with Gasteiger partial charge in [0.2, 0.25) is 5.91 Å². The maximum Gasteiger partial charge on any atom is 0.387 e. The molecule has 7 heteroatoms. The third kappa shape index (κ3) is 3.34. The summed E-state index contributed by atoms with van der Waals surface area (Å²) < 4.78 is 47.2. The lowest BCUT2D eigenvalue weighted by Crippen LogP contribution is -2.42. The van der Waals surface area contributed by atoms with Gasteiger partial charge in [-0.05, 0) is 25.0 Å². The Morgan fingerprint density at radius 2 is 2.05 bits per heavy atom.